The number of sulfonamides is 1. The molecule has 0 heterocycles. The lowest BCUT2D eigenvalue weighted by Crippen LogP contribution is -2.31. The van der Waals surface area contributed by atoms with Gasteiger partial charge in [-0.25, -0.2) is 8.42 Å². The van der Waals surface area contributed by atoms with Crippen LogP contribution in [0, 0.1) is 0 Å². The number of carbonyl (C=O) groups excluding carboxylic acids is 1. The number of methoxy groups -OCH3 is 1. The predicted octanol–water partition coefficient (Wildman–Crippen LogP) is 0.844. The number of benzene rings is 1. The van der Waals surface area contributed by atoms with Gasteiger partial charge in [-0.2, -0.15) is 0 Å². The van der Waals surface area contributed by atoms with Gasteiger partial charge in [-0.3, -0.25) is 9.52 Å². The van der Waals surface area contributed by atoms with E-state index in [9.17, 15) is 13.2 Å². The predicted molar refractivity (Wildman–Crippen MR) is 76.4 cm³/mol. The molecule has 1 aliphatic rings. The number of hydrogen-bond acceptors (Lipinski definition) is 4. The maximum Gasteiger partial charge on any atom is 0.230 e. The zero-order valence-electron chi connectivity index (χ0n) is 11.7. The van der Waals surface area contributed by atoms with Crippen LogP contribution in [0.15, 0.2) is 18.2 Å². The summed E-state index contributed by atoms with van der Waals surface area (Å²) in [6.07, 6.45) is 2.65. The van der Waals surface area contributed by atoms with Crippen molar-refractivity contribution in [3.05, 3.63) is 23.8 Å². The Bertz CT molecular complexity index is 636. The second-order valence-electron chi connectivity index (χ2n) is 4.95. The Morgan fingerprint density at radius 3 is 2.45 bits per heavy atom. The molecule has 2 rings (SSSR count). The minimum absolute atomic E-state index is 0.0247. The van der Waals surface area contributed by atoms with Crippen LogP contribution in [0.2, 0.25) is 0 Å². The summed E-state index contributed by atoms with van der Waals surface area (Å²) >= 11 is 0. The summed E-state index contributed by atoms with van der Waals surface area (Å²) in [6, 6.07) is 5.10. The van der Waals surface area contributed by atoms with E-state index in [0.29, 0.717) is 11.4 Å². The van der Waals surface area contributed by atoms with Crippen molar-refractivity contribution in [3.8, 4) is 5.75 Å². The number of amides is 1. The van der Waals surface area contributed by atoms with Crippen molar-refractivity contribution >= 4 is 21.6 Å². The number of carbonyl (C=O) groups is 1. The molecular weight excluding hydrogens is 280 g/mol. The van der Waals surface area contributed by atoms with Crippen LogP contribution < -0.4 is 14.8 Å². The maximum atomic E-state index is 11.9. The van der Waals surface area contributed by atoms with Gasteiger partial charge in [-0.1, -0.05) is 6.07 Å². The normalized spacial score (nSPS) is 16.4. The van der Waals surface area contributed by atoms with E-state index in [1.165, 1.54) is 7.11 Å². The highest BCUT2D eigenvalue weighted by Crippen LogP contribution is 2.49. The van der Waals surface area contributed by atoms with Crippen LogP contribution >= 0.6 is 0 Å². The zero-order chi connectivity index (χ0) is 15.0. The third kappa shape index (κ3) is 2.72. The molecule has 110 valence electrons. The van der Waals surface area contributed by atoms with Gasteiger partial charge in [0.25, 0.3) is 0 Å². The van der Waals surface area contributed by atoms with Crippen LogP contribution in [0.25, 0.3) is 0 Å². The molecule has 1 saturated carbocycles. The average molecular weight is 298 g/mol. The Kier molecular flexibility index (Phi) is 3.64. The number of rotatable bonds is 5. The van der Waals surface area contributed by atoms with E-state index in [1.807, 2.05) is 0 Å². The molecular formula is C13H18N2O4S. The Morgan fingerprint density at radius 1 is 1.35 bits per heavy atom. The third-order valence-corrected chi connectivity index (χ3v) is 4.05. The van der Waals surface area contributed by atoms with Gasteiger partial charge in [0.15, 0.2) is 0 Å². The van der Waals surface area contributed by atoms with E-state index < -0.39 is 15.4 Å². The molecule has 6 nitrogen and oxygen atoms in total. The smallest absolute Gasteiger partial charge is 0.230 e. The fourth-order valence-electron chi connectivity index (χ4n) is 2.28. The topological polar surface area (TPSA) is 84.5 Å². The van der Waals surface area contributed by atoms with Crippen LogP contribution in [0.5, 0.6) is 5.75 Å². The zero-order valence-corrected chi connectivity index (χ0v) is 12.5. The van der Waals surface area contributed by atoms with Crippen molar-refractivity contribution in [2.75, 3.05) is 25.1 Å². The summed E-state index contributed by atoms with van der Waals surface area (Å²) in [6.45, 7) is 0. The molecule has 0 saturated heterocycles. The summed E-state index contributed by atoms with van der Waals surface area (Å²) in [5, 5.41) is 2.67. The molecule has 0 spiro atoms. The molecule has 0 unspecified atom stereocenters. The number of ether oxygens (including phenoxy) is 1. The summed E-state index contributed by atoms with van der Waals surface area (Å²) < 4.78 is 30.2. The summed E-state index contributed by atoms with van der Waals surface area (Å²) in [5.74, 6) is 0.381. The van der Waals surface area contributed by atoms with Crippen LogP contribution in [0.3, 0.4) is 0 Å². The SMILES string of the molecule is CNC(=O)C1(c2ccc(NS(C)(=O)=O)c(OC)c2)CC1. The number of nitrogens with one attached hydrogen (secondary N) is 2. The van der Waals surface area contributed by atoms with Gasteiger partial charge in [0.05, 0.1) is 24.5 Å². The van der Waals surface area contributed by atoms with Gasteiger partial charge < -0.3 is 10.1 Å². The summed E-state index contributed by atoms with van der Waals surface area (Å²) in [5.41, 5.74) is 0.713. The Labute approximate surface area is 118 Å². The lowest BCUT2D eigenvalue weighted by atomic mass is 9.94. The molecule has 1 fully saturated rings. The van der Waals surface area contributed by atoms with Crippen molar-refractivity contribution in [1.29, 1.82) is 0 Å². The highest BCUT2D eigenvalue weighted by atomic mass is 32.2. The van der Waals surface area contributed by atoms with Gasteiger partial charge in [0.1, 0.15) is 5.75 Å². The quantitative estimate of drug-likeness (QED) is 0.844. The molecule has 0 atom stereocenters. The lowest BCUT2D eigenvalue weighted by Gasteiger charge is -2.17. The van der Waals surface area contributed by atoms with Gasteiger partial charge in [0, 0.05) is 7.05 Å². The number of hydrogen-bond donors (Lipinski definition) is 2. The van der Waals surface area contributed by atoms with Gasteiger partial charge in [-0.15, -0.1) is 0 Å². The first-order chi connectivity index (χ1) is 9.32. The molecule has 1 amide bonds. The summed E-state index contributed by atoms with van der Waals surface area (Å²) in [4.78, 5) is 11.9. The van der Waals surface area contributed by atoms with Crippen molar-refractivity contribution in [3.63, 3.8) is 0 Å². The molecule has 0 radical (unpaired) electrons. The molecule has 1 aromatic rings. The van der Waals surface area contributed by atoms with E-state index in [2.05, 4.69) is 10.0 Å². The highest BCUT2D eigenvalue weighted by Gasteiger charge is 2.51. The molecule has 1 aromatic carbocycles. The van der Waals surface area contributed by atoms with E-state index in [0.717, 1.165) is 24.7 Å². The van der Waals surface area contributed by atoms with Gasteiger partial charge in [0.2, 0.25) is 15.9 Å². The molecule has 0 bridgehead atoms. The largest absolute Gasteiger partial charge is 0.495 e. The van der Waals surface area contributed by atoms with Crippen molar-refractivity contribution in [2.45, 2.75) is 18.3 Å². The van der Waals surface area contributed by atoms with Crippen molar-refractivity contribution < 1.29 is 17.9 Å². The van der Waals surface area contributed by atoms with Crippen LogP contribution in [0.1, 0.15) is 18.4 Å². The molecule has 1 aliphatic carbocycles. The summed E-state index contributed by atoms with van der Waals surface area (Å²) in [7, 11) is -0.298. The maximum absolute atomic E-state index is 11.9. The van der Waals surface area contributed by atoms with Crippen LogP contribution in [0.4, 0.5) is 5.69 Å². The van der Waals surface area contributed by atoms with Gasteiger partial charge in [-0.05, 0) is 30.5 Å². The molecule has 2 N–H and O–H groups in total. The first kappa shape index (κ1) is 14.6. The minimum atomic E-state index is -3.37. The second-order valence-corrected chi connectivity index (χ2v) is 6.70. The fraction of sp³-hybridized carbons (Fsp3) is 0.462. The monoisotopic (exact) mass is 298 g/mol. The van der Waals surface area contributed by atoms with E-state index in [1.54, 1.807) is 25.2 Å². The highest BCUT2D eigenvalue weighted by molar-refractivity contribution is 7.92. The molecule has 0 aromatic heterocycles. The Morgan fingerprint density at radius 2 is 2.00 bits per heavy atom. The Hall–Kier alpha value is -1.76. The third-order valence-electron chi connectivity index (χ3n) is 3.46. The van der Waals surface area contributed by atoms with E-state index in [-0.39, 0.29) is 5.91 Å². The van der Waals surface area contributed by atoms with Crippen LogP contribution in [-0.4, -0.2) is 34.7 Å². The van der Waals surface area contributed by atoms with E-state index in [4.69, 9.17) is 4.74 Å². The van der Waals surface area contributed by atoms with Crippen molar-refractivity contribution in [1.82, 2.24) is 5.32 Å². The van der Waals surface area contributed by atoms with Crippen LogP contribution in [-0.2, 0) is 20.2 Å². The van der Waals surface area contributed by atoms with E-state index >= 15 is 0 Å². The average Bonchev–Trinajstić information content (AvgIpc) is 3.18. The molecule has 0 aliphatic heterocycles. The van der Waals surface area contributed by atoms with Gasteiger partial charge >= 0.3 is 0 Å². The number of anilines is 1. The molecule has 20 heavy (non-hydrogen) atoms. The second kappa shape index (κ2) is 4.97. The standard InChI is InChI=1S/C13H18N2O4S/c1-14-12(16)13(6-7-13)9-4-5-10(11(8-9)19-2)15-20(3,17)18/h4-5,8,15H,6-7H2,1-3H3,(H,14,16). The number of likely N-dealkylation sites (N-methyl/N-ethyl adjacent to an activating group) is 1. The first-order valence-corrected chi connectivity index (χ1v) is 8.10. The molecule has 7 heteroatoms. The fourth-order valence-corrected chi connectivity index (χ4v) is 2.85. The van der Waals surface area contributed by atoms with Crippen molar-refractivity contribution in [2.24, 2.45) is 0 Å². The minimum Gasteiger partial charge on any atom is -0.495 e. The first-order valence-electron chi connectivity index (χ1n) is 6.21. The Balaban J connectivity index is 2.38. The lowest BCUT2D eigenvalue weighted by molar-refractivity contribution is -0.123.